The van der Waals surface area contributed by atoms with Crippen LogP contribution in [0.2, 0.25) is 0 Å². The van der Waals surface area contributed by atoms with E-state index in [1.54, 1.807) is 24.4 Å². The number of nitrogen functional groups attached to an aromatic ring is 1. The normalized spacial score (nSPS) is 10.5. The summed E-state index contributed by atoms with van der Waals surface area (Å²) in [6.07, 6.45) is 1.11. The zero-order valence-corrected chi connectivity index (χ0v) is 17.3. The highest BCUT2D eigenvalue weighted by Crippen LogP contribution is 2.32. The molecule has 0 aliphatic heterocycles. The van der Waals surface area contributed by atoms with Crippen molar-refractivity contribution < 1.29 is 9.53 Å². The lowest BCUT2D eigenvalue weighted by atomic mass is 10.0. The highest BCUT2D eigenvalue weighted by Gasteiger charge is 2.16. The van der Waals surface area contributed by atoms with Gasteiger partial charge < -0.3 is 10.5 Å². The lowest BCUT2D eigenvalue weighted by Crippen LogP contribution is -2.18. The molecule has 4 rings (SSSR count). The summed E-state index contributed by atoms with van der Waals surface area (Å²) in [6, 6.07) is 22.5. The van der Waals surface area contributed by atoms with Crippen LogP contribution < -0.4 is 15.8 Å². The molecule has 2 heterocycles. The first kappa shape index (κ1) is 20.1. The number of ether oxygens (including phenoxy) is 1. The molecule has 6 nitrogen and oxygen atoms in total. The Balaban J connectivity index is 1.70. The van der Waals surface area contributed by atoms with Crippen LogP contribution in [0.15, 0.2) is 79.0 Å². The molecule has 0 radical (unpaired) electrons. The van der Waals surface area contributed by atoms with Gasteiger partial charge in [0, 0.05) is 17.3 Å². The second-order valence-corrected chi connectivity index (χ2v) is 7.22. The summed E-state index contributed by atoms with van der Waals surface area (Å²) in [4.78, 5) is 21.6. The molecule has 0 aliphatic carbocycles. The van der Waals surface area contributed by atoms with E-state index in [4.69, 9.17) is 15.5 Å². The minimum absolute atomic E-state index is 0.446. The first-order valence-electron chi connectivity index (χ1n) is 9.84. The second-order valence-electron chi connectivity index (χ2n) is 7.22. The van der Waals surface area contributed by atoms with Crippen molar-refractivity contribution in [3.05, 3.63) is 90.1 Å². The molecule has 6 heteroatoms. The van der Waals surface area contributed by atoms with Gasteiger partial charge in [-0.25, -0.2) is 14.8 Å². The molecule has 154 valence electrons. The number of aryl methyl sites for hydroxylation is 2. The molecule has 0 spiro atoms. The Kier molecular flexibility index (Phi) is 5.62. The maximum atomic E-state index is 12.6. The summed E-state index contributed by atoms with van der Waals surface area (Å²) in [5, 5.41) is 2.84. The van der Waals surface area contributed by atoms with E-state index in [1.807, 2.05) is 68.4 Å². The molecular formula is C25H22N4O2. The Morgan fingerprint density at radius 2 is 1.65 bits per heavy atom. The maximum Gasteiger partial charge on any atom is 0.417 e. The zero-order valence-electron chi connectivity index (χ0n) is 17.3. The molecule has 0 unspecified atom stereocenters. The average molecular weight is 410 g/mol. The predicted octanol–water partition coefficient (Wildman–Crippen LogP) is 5.62. The highest BCUT2D eigenvalue weighted by molar-refractivity contribution is 5.92. The number of pyridine rings is 2. The predicted molar refractivity (Wildman–Crippen MR) is 123 cm³/mol. The van der Waals surface area contributed by atoms with Gasteiger partial charge in [0.1, 0.15) is 11.6 Å². The molecular weight excluding hydrogens is 388 g/mol. The number of anilines is 2. The van der Waals surface area contributed by atoms with Crippen LogP contribution in [-0.4, -0.2) is 16.1 Å². The number of benzene rings is 2. The molecule has 0 saturated carbocycles. The highest BCUT2D eigenvalue weighted by atomic mass is 16.6. The monoisotopic (exact) mass is 410 g/mol. The molecule has 0 saturated heterocycles. The Bertz CT molecular complexity index is 1200. The number of nitrogens with zero attached hydrogens (tertiary/aromatic N) is 2. The maximum absolute atomic E-state index is 12.6. The van der Waals surface area contributed by atoms with E-state index in [1.165, 1.54) is 0 Å². The van der Waals surface area contributed by atoms with Crippen LogP contribution in [0, 0.1) is 13.8 Å². The lowest BCUT2D eigenvalue weighted by molar-refractivity contribution is 0.215. The van der Waals surface area contributed by atoms with Gasteiger partial charge in [-0.05, 0) is 49.7 Å². The SMILES string of the molecule is Cc1ccc(OC(=O)Nc2cc(C)c(-c3ccc(N)nc3)nc2-c2ccccc2)cc1. The summed E-state index contributed by atoms with van der Waals surface area (Å²) < 4.78 is 5.43. The third-order valence-electron chi connectivity index (χ3n) is 4.79. The molecule has 4 aromatic rings. The fourth-order valence-corrected chi connectivity index (χ4v) is 3.21. The number of aromatic nitrogens is 2. The Labute approximate surface area is 180 Å². The molecule has 0 fully saturated rings. The fourth-order valence-electron chi connectivity index (χ4n) is 3.21. The topological polar surface area (TPSA) is 90.1 Å². The summed E-state index contributed by atoms with van der Waals surface area (Å²) >= 11 is 0. The molecule has 1 amide bonds. The Hall–Kier alpha value is -4.19. The number of nitrogens with two attached hydrogens (primary N) is 1. The van der Waals surface area contributed by atoms with Gasteiger partial charge in [0.2, 0.25) is 0 Å². The number of carbonyl (C=O) groups excluding carboxylic acids is 1. The fraction of sp³-hybridized carbons (Fsp3) is 0.0800. The van der Waals surface area contributed by atoms with Gasteiger partial charge in [0.25, 0.3) is 0 Å². The Morgan fingerprint density at radius 1 is 0.903 bits per heavy atom. The number of hydrogen-bond acceptors (Lipinski definition) is 5. The summed E-state index contributed by atoms with van der Waals surface area (Å²) in [6.45, 7) is 3.91. The molecule has 0 bridgehead atoms. The first-order chi connectivity index (χ1) is 15.0. The van der Waals surface area contributed by atoms with Crippen molar-refractivity contribution in [2.24, 2.45) is 0 Å². The van der Waals surface area contributed by atoms with Crippen molar-refractivity contribution >= 4 is 17.6 Å². The van der Waals surface area contributed by atoms with Gasteiger partial charge in [-0.2, -0.15) is 0 Å². The van der Waals surface area contributed by atoms with Gasteiger partial charge >= 0.3 is 6.09 Å². The van der Waals surface area contributed by atoms with E-state index < -0.39 is 6.09 Å². The summed E-state index contributed by atoms with van der Waals surface area (Å²) in [5.74, 6) is 0.917. The number of nitrogens with one attached hydrogen (secondary N) is 1. The van der Waals surface area contributed by atoms with Crippen LogP contribution in [0.1, 0.15) is 11.1 Å². The number of amides is 1. The van der Waals surface area contributed by atoms with Gasteiger partial charge in [-0.15, -0.1) is 0 Å². The quantitative estimate of drug-likeness (QED) is 0.456. The van der Waals surface area contributed by atoms with Crippen LogP contribution in [0.25, 0.3) is 22.5 Å². The van der Waals surface area contributed by atoms with Crippen molar-refractivity contribution in [2.45, 2.75) is 13.8 Å². The lowest BCUT2D eigenvalue weighted by Gasteiger charge is -2.15. The van der Waals surface area contributed by atoms with E-state index in [0.717, 1.165) is 27.9 Å². The van der Waals surface area contributed by atoms with Crippen molar-refractivity contribution in [1.29, 1.82) is 0 Å². The van der Waals surface area contributed by atoms with E-state index in [0.29, 0.717) is 22.9 Å². The molecule has 31 heavy (non-hydrogen) atoms. The van der Waals surface area contributed by atoms with Crippen LogP contribution in [0.5, 0.6) is 5.75 Å². The smallest absolute Gasteiger partial charge is 0.410 e. The largest absolute Gasteiger partial charge is 0.417 e. The Morgan fingerprint density at radius 3 is 2.32 bits per heavy atom. The van der Waals surface area contributed by atoms with Crippen LogP contribution in [-0.2, 0) is 0 Å². The molecule has 2 aromatic carbocycles. The molecule has 2 aromatic heterocycles. The van der Waals surface area contributed by atoms with Crippen molar-refractivity contribution in [1.82, 2.24) is 9.97 Å². The third-order valence-corrected chi connectivity index (χ3v) is 4.79. The van der Waals surface area contributed by atoms with Crippen molar-refractivity contribution in [3.63, 3.8) is 0 Å². The minimum Gasteiger partial charge on any atom is -0.410 e. The van der Waals surface area contributed by atoms with Crippen LogP contribution >= 0.6 is 0 Å². The van der Waals surface area contributed by atoms with E-state index in [2.05, 4.69) is 10.3 Å². The second kappa shape index (κ2) is 8.67. The van der Waals surface area contributed by atoms with Crippen molar-refractivity contribution in [3.8, 4) is 28.3 Å². The number of rotatable bonds is 4. The van der Waals surface area contributed by atoms with Crippen molar-refractivity contribution in [2.75, 3.05) is 11.1 Å². The average Bonchev–Trinajstić information content (AvgIpc) is 2.77. The minimum atomic E-state index is -0.580. The number of hydrogen-bond donors (Lipinski definition) is 2. The zero-order chi connectivity index (χ0) is 21.8. The van der Waals surface area contributed by atoms with Crippen LogP contribution in [0.4, 0.5) is 16.3 Å². The van der Waals surface area contributed by atoms with E-state index in [-0.39, 0.29) is 0 Å². The van der Waals surface area contributed by atoms with E-state index >= 15 is 0 Å². The number of carbonyl (C=O) groups is 1. The standard InChI is InChI=1S/C25H22N4O2/c1-16-8-11-20(12-9-16)31-25(30)28-21-14-17(2)23(19-10-13-22(26)27-15-19)29-24(21)18-6-4-3-5-7-18/h3-15H,1-2H3,(H2,26,27)(H,28,30). The molecule has 0 atom stereocenters. The first-order valence-corrected chi connectivity index (χ1v) is 9.84. The van der Waals surface area contributed by atoms with E-state index in [9.17, 15) is 4.79 Å². The van der Waals surface area contributed by atoms with Gasteiger partial charge in [0.05, 0.1) is 17.1 Å². The van der Waals surface area contributed by atoms with Gasteiger partial charge in [-0.3, -0.25) is 5.32 Å². The molecule has 3 N–H and O–H groups in total. The van der Waals surface area contributed by atoms with Crippen LogP contribution in [0.3, 0.4) is 0 Å². The molecule has 0 aliphatic rings. The summed E-state index contributed by atoms with van der Waals surface area (Å²) in [5.41, 5.74) is 11.4. The van der Waals surface area contributed by atoms with Gasteiger partial charge in [0.15, 0.2) is 0 Å². The van der Waals surface area contributed by atoms with Gasteiger partial charge in [-0.1, -0.05) is 48.0 Å². The third kappa shape index (κ3) is 4.70. The summed E-state index contributed by atoms with van der Waals surface area (Å²) in [7, 11) is 0.